The molecule has 2 aromatic carbocycles. The largest absolute Gasteiger partial charge is 0.323 e. The summed E-state index contributed by atoms with van der Waals surface area (Å²) in [5.41, 5.74) is 2.27. The summed E-state index contributed by atoms with van der Waals surface area (Å²) in [6, 6.07) is 12.8. The molecule has 0 radical (unpaired) electrons. The molecular formula is C21H18F2N4O. The topological polar surface area (TPSA) is 58.1 Å². The van der Waals surface area contributed by atoms with Gasteiger partial charge in [0.05, 0.1) is 5.69 Å². The number of aryl methyl sites for hydroxylation is 1. The second kappa shape index (κ2) is 6.99. The van der Waals surface area contributed by atoms with E-state index < -0.39 is 17.5 Å². The van der Waals surface area contributed by atoms with E-state index in [-0.39, 0.29) is 17.4 Å². The van der Waals surface area contributed by atoms with Gasteiger partial charge in [-0.05, 0) is 44.0 Å². The van der Waals surface area contributed by atoms with Gasteiger partial charge in [0.1, 0.15) is 29.0 Å². The van der Waals surface area contributed by atoms with E-state index in [0.717, 1.165) is 24.2 Å². The normalized spacial score (nSPS) is 15.4. The van der Waals surface area contributed by atoms with Gasteiger partial charge >= 0.3 is 0 Å². The quantitative estimate of drug-likeness (QED) is 0.732. The van der Waals surface area contributed by atoms with Crippen LogP contribution in [0.2, 0.25) is 0 Å². The molecule has 0 spiro atoms. The highest BCUT2D eigenvalue weighted by atomic mass is 19.1. The smallest absolute Gasteiger partial charge is 0.274 e. The zero-order valence-electron chi connectivity index (χ0n) is 15.4. The van der Waals surface area contributed by atoms with Gasteiger partial charge < -0.3 is 10.2 Å². The van der Waals surface area contributed by atoms with Crippen molar-refractivity contribution in [2.24, 2.45) is 0 Å². The predicted molar refractivity (Wildman–Crippen MR) is 103 cm³/mol. The molecule has 1 aliphatic rings. The second-order valence-electron chi connectivity index (χ2n) is 6.79. The number of fused-ring (bicyclic) bond motifs is 1. The molecule has 0 aliphatic carbocycles. The number of halogens is 2. The van der Waals surface area contributed by atoms with Crippen molar-refractivity contribution in [3.8, 4) is 0 Å². The summed E-state index contributed by atoms with van der Waals surface area (Å²) in [6.07, 6.45) is 0.877. The van der Waals surface area contributed by atoms with Crippen LogP contribution in [0, 0.1) is 18.6 Å². The summed E-state index contributed by atoms with van der Waals surface area (Å²) >= 11 is 0. The highest BCUT2D eigenvalue weighted by molar-refractivity contribution is 6.03. The van der Waals surface area contributed by atoms with E-state index in [1.165, 1.54) is 11.6 Å². The van der Waals surface area contributed by atoms with Crippen LogP contribution in [0.3, 0.4) is 0 Å². The van der Waals surface area contributed by atoms with Gasteiger partial charge in [-0.2, -0.15) is 0 Å². The second-order valence-corrected chi connectivity index (χ2v) is 6.79. The number of hydrogen-bond donors (Lipinski definition) is 1. The molecule has 1 aliphatic heterocycles. The van der Waals surface area contributed by atoms with Gasteiger partial charge in [-0.25, -0.2) is 18.7 Å². The number of aromatic nitrogens is 2. The summed E-state index contributed by atoms with van der Waals surface area (Å²) in [6.45, 7) is 3.79. The highest BCUT2D eigenvalue weighted by Crippen LogP contribution is 2.37. The Labute approximate surface area is 161 Å². The highest BCUT2D eigenvalue weighted by Gasteiger charge is 2.28. The molecule has 1 aromatic heterocycles. The number of benzene rings is 2. The fourth-order valence-corrected chi connectivity index (χ4v) is 3.48. The maximum atomic E-state index is 13.9. The number of hydrogen-bond acceptors (Lipinski definition) is 4. The van der Waals surface area contributed by atoms with Crippen LogP contribution in [-0.2, 0) is 6.42 Å². The third-order valence-electron chi connectivity index (χ3n) is 4.69. The first-order chi connectivity index (χ1) is 13.4. The fourth-order valence-electron chi connectivity index (χ4n) is 3.48. The molecule has 1 N–H and O–H groups in total. The summed E-state index contributed by atoms with van der Waals surface area (Å²) in [5.74, 6) is -1.11. The Morgan fingerprint density at radius 3 is 2.71 bits per heavy atom. The Balaban J connectivity index is 1.67. The zero-order valence-corrected chi connectivity index (χ0v) is 15.4. The van der Waals surface area contributed by atoms with Crippen LogP contribution in [-0.4, -0.2) is 21.9 Å². The third kappa shape index (κ3) is 3.31. The number of amides is 1. The van der Waals surface area contributed by atoms with Crippen LogP contribution in [0.15, 0.2) is 48.5 Å². The van der Waals surface area contributed by atoms with Gasteiger partial charge in [0, 0.05) is 23.9 Å². The summed E-state index contributed by atoms with van der Waals surface area (Å²) in [7, 11) is 0. The Bertz CT molecular complexity index is 1070. The van der Waals surface area contributed by atoms with Crippen LogP contribution < -0.4 is 10.2 Å². The lowest BCUT2D eigenvalue weighted by atomic mass is 10.1. The monoisotopic (exact) mass is 380 g/mol. The first-order valence-corrected chi connectivity index (χ1v) is 8.91. The van der Waals surface area contributed by atoms with E-state index in [1.807, 2.05) is 18.2 Å². The molecule has 1 atom stereocenters. The Kier molecular flexibility index (Phi) is 4.50. The van der Waals surface area contributed by atoms with Crippen LogP contribution in [0.5, 0.6) is 0 Å². The molecule has 0 saturated heterocycles. The molecule has 0 saturated carbocycles. The van der Waals surface area contributed by atoms with Gasteiger partial charge in [-0.1, -0.05) is 18.2 Å². The van der Waals surface area contributed by atoms with Crippen LogP contribution in [0.25, 0.3) is 0 Å². The molecule has 2 heterocycles. The molecule has 4 rings (SSSR count). The van der Waals surface area contributed by atoms with Crippen molar-refractivity contribution in [3.05, 3.63) is 77.2 Å². The van der Waals surface area contributed by atoms with Crippen LogP contribution >= 0.6 is 0 Å². The summed E-state index contributed by atoms with van der Waals surface area (Å²) in [4.78, 5) is 23.4. The molecule has 5 nitrogen and oxygen atoms in total. The van der Waals surface area contributed by atoms with Crippen molar-refractivity contribution in [2.75, 3.05) is 10.2 Å². The van der Waals surface area contributed by atoms with Gasteiger partial charge in [-0.3, -0.25) is 4.79 Å². The number of carbonyl (C=O) groups excluding carboxylic acids is 1. The van der Waals surface area contributed by atoms with E-state index in [9.17, 15) is 13.6 Å². The summed E-state index contributed by atoms with van der Waals surface area (Å²) in [5, 5.41) is 2.44. The van der Waals surface area contributed by atoms with Crippen molar-refractivity contribution in [1.82, 2.24) is 9.97 Å². The number of anilines is 3. The molecular weight excluding hydrogens is 362 g/mol. The van der Waals surface area contributed by atoms with Crippen molar-refractivity contribution in [3.63, 3.8) is 0 Å². The molecule has 0 bridgehead atoms. The first-order valence-electron chi connectivity index (χ1n) is 8.91. The molecule has 3 aromatic rings. The van der Waals surface area contributed by atoms with E-state index in [1.54, 1.807) is 13.0 Å². The standard InChI is InChI=1S/C21H18F2N4O/c1-12-9-14-5-3-4-6-19(14)27(12)20-11-18(24-13(2)25-20)21(28)26-17-8-7-15(22)10-16(17)23/h3-8,10-12H,9H2,1-2H3,(H,26,28). The van der Waals surface area contributed by atoms with E-state index in [2.05, 4.69) is 33.2 Å². The lowest BCUT2D eigenvalue weighted by molar-refractivity contribution is 0.102. The SMILES string of the molecule is Cc1nc(C(=O)Nc2ccc(F)cc2F)cc(N2c3ccccc3CC2C)n1. The lowest BCUT2D eigenvalue weighted by Gasteiger charge is -2.24. The average Bonchev–Trinajstić information content (AvgIpc) is 2.99. The van der Waals surface area contributed by atoms with Gasteiger partial charge in [0.25, 0.3) is 5.91 Å². The fraction of sp³-hybridized carbons (Fsp3) is 0.190. The van der Waals surface area contributed by atoms with Crippen molar-refractivity contribution < 1.29 is 13.6 Å². The number of nitrogens with zero attached hydrogens (tertiary/aromatic N) is 3. The van der Waals surface area contributed by atoms with Gasteiger partial charge in [-0.15, -0.1) is 0 Å². The maximum Gasteiger partial charge on any atom is 0.274 e. The number of para-hydroxylation sites is 1. The van der Waals surface area contributed by atoms with E-state index >= 15 is 0 Å². The minimum Gasteiger partial charge on any atom is -0.323 e. The van der Waals surface area contributed by atoms with E-state index in [4.69, 9.17) is 0 Å². The minimum atomic E-state index is -0.846. The van der Waals surface area contributed by atoms with Crippen molar-refractivity contribution >= 4 is 23.1 Å². The minimum absolute atomic E-state index is 0.107. The molecule has 0 fully saturated rings. The van der Waals surface area contributed by atoms with Crippen molar-refractivity contribution in [1.29, 1.82) is 0 Å². The lowest BCUT2D eigenvalue weighted by Crippen LogP contribution is -2.26. The summed E-state index contributed by atoms with van der Waals surface area (Å²) < 4.78 is 26.9. The maximum absolute atomic E-state index is 13.9. The van der Waals surface area contributed by atoms with Gasteiger partial charge in [0.15, 0.2) is 0 Å². The number of carbonyl (C=O) groups is 1. The number of rotatable bonds is 3. The third-order valence-corrected chi connectivity index (χ3v) is 4.69. The molecule has 142 valence electrons. The van der Waals surface area contributed by atoms with Gasteiger partial charge in [0.2, 0.25) is 0 Å². The predicted octanol–water partition coefficient (Wildman–Crippen LogP) is 4.40. The van der Waals surface area contributed by atoms with E-state index in [0.29, 0.717) is 11.6 Å². The Hall–Kier alpha value is -3.35. The average molecular weight is 380 g/mol. The van der Waals surface area contributed by atoms with Crippen LogP contribution in [0.1, 0.15) is 28.8 Å². The molecule has 1 amide bonds. The molecule has 28 heavy (non-hydrogen) atoms. The van der Waals surface area contributed by atoms with Crippen molar-refractivity contribution in [2.45, 2.75) is 26.3 Å². The van der Waals surface area contributed by atoms with Crippen LogP contribution in [0.4, 0.5) is 26.0 Å². The first kappa shape index (κ1) is 18.0. The number of nitrogens with one attached hydrogen (secondary N) is 1. The Morgan fingerprint density at radius 2 is 1.93 bits per heavy atom. The zero-order chi connectivity index (χ0) is 19.8. The molecule has 7 heteroatoms. The molecule has 1 unspecified atom stereocenters. The Morgan fingerprint density at radius 1 is 1.14 bits per heavy atom.